The number of aromatic nitrogens is 2. The van der Waals surface area contributed by atoms with Gasteiger partial charge in [-0.15, -0.1) is 0 Å². The van der Waals surface area contributed by atoms with E-state index in [1.165, 1.54) is 11.9 Å². The maximum atomic E-state index is 9.32. The predicted molar refractivity (Wildman–Crippen MR) is 125 cm³/mol. The SMILES string of the molecule is COc1ccc(-c2ccnc(Cc3ccc(SNCCN)c(OC)c3)n2)cc1C#N.O.O. The molecule has 32 heavy (non-hydrogen) atoms. The number of methoxy groups -OCH3 is 2. The Bertz CT molecular complexity index is 1060. The summed E-state index contributed by atoms with van der Waals surface area (Å²) in [6, 6.07) is 15.4. The summed E-state index contributed by atoms with van der Waals surface area (Å²) in [5, 5.41) is 9.32. The van der Waals surface area contributed by atoms with E-state index in [0.29, 0.717) is 30.1 Å². The van der Waals surface area contributed by atoms with Crippen molar-refractivity contribution in [3.05, 3.63) is 65.6 Å². The zero-order chi connectivity index (χ0) is 21.3. The van der Waals surface area contributed by atoms with E-state index >= 15 is 0 Å². The maximum Gasteiger partial charge on any atom is 0.136 e. The van der Waals surface area contributed by atoms with Crippen molar-refractivity contribution in [2.75, 3.05) is 27.3 Å². The van der Waals surface area contributed by atoms with Crippen LogP contribution in [0.3, 0.4) is 0 Å². The van der Waals surface area contributed by atoms with E-state index in [9.17, 15) is 5.26 Å². The van der Waals surface area contributed by atoms with E-state index < -0.39 is 0 Å². The minimum Gasteiger partial charge on any atom is -0.496 e. The lowest BCUT2D eigenvalue weighted by Gasteiger charge is -2.11. The largest absolute Gasteiger partial charge is 0.496 e. The summed E-state index contributed by atoms with van der Waals surface area (Å²) >= 11 is 1.49. The van der Waals surface area contributed by atoms with Crippen LogP contribution in [0.15, 0.2) is 53.6 Å². The quantitative estimate of drug-likeness (QED) is 0.360. The molecule has 0 bridgehead atoms. The van der Waals surface area contributed by atoms with Gasteiger partial charge < -0.3 is 26.2 Å². The molecule has 7 N–H and O–H groups in total. The Balaban J connectivity index is 0.00000256. The lowest BCUT2D eigenvalue weighted by atomic mass is 10.1. The van der Waals surface area contributed by atoms with Crippen LogP contribution >= 0.6 is 11.9 Å². The summed E-state index contributed by atoms with van der Waals surface area (Å²) in [4.78, 5) is 10.1. The van der Waals surface area contributed by atoms with Crippen LogP contribution in [0.5, 0.6) is 11.5 Å². The van der Waals surface area contributed by atoms with E-state index in [1.54, 1.807) is 32.5 Å². The number of benzene rings is 2. The van der Waals surface area contributed by atoms with Crippen molar-refractivity contribution < 1.29 is 20.4 Å². The highest BCUT2D eigenvalue weighted by molar-refractivity contribution is 7.97. The molecule has 10 heteroatoms. The minimum absolute atomic E-state index is 0. The van der Waals surface area contributed by atoms with Crippen molar-refractivity contribution in [2.45, 2.75) is 11.3 Å². The van der Waals surface area contributed by atoms with Gasteiger partial charge in [0.15, 0.2) is 0 Å². The van der Waals surface area contributed by atoms with Crippen molar-refractivity contribution in [3.63, 3.8) is 0 Å². The molecule has 0 amide bonds. The Morgan fingerprint density at radius 2 is 1.84 bits per heavy atom. The number of hydrogen-bond donors (Lipinski definition) is 2. The molecular weight excluding hydrogens is 430 g/mol. The highest BCUT2D eigenvalue weighted by Gasteiger charge is 2.10. The van der Waals surface area contributed by atoms with Crippen molar-refractivity contribution in [3.8, 4) is 28.8 Å². The molecule has 0 radical (unpaired) electrons. The molecule has 0 atom stereocenters. The number of nitrogens with zero attached hydrogens (tertiary/aromatic N) is 3. The zero-order valence-corrected chi connectivity index (χ0v) is 18.7. The molecule has 0 aliphatic carbocycles. The summed E-state index contributed by atoms with van der Waals surface area (Å²) in [5.74, 6) is 2.01. The molecule has 3 aromatic rings. The number of nitrogens with one attached hydrogen (secondary N) is 1. The third-order valence-corrected chi connectivity index (χ3v) is 5.25. The van der Waals surface area contributed by atoms with E-state index in [0.717, 1.165) is 34.0 Å². The molecule has 0 aliphatic rings. The fraction of sp³-hybridized carbons (Fsp3) is 0.227. The number of nitriles is 1. The number of rotatable bonds is 9. The normalized spacial score (nSPS) is 9.81. The van der Waals surface area contributed by atoms with Gasteiger partial charge in [-0.2, -0.15) is 5.26 Å². The van der Waals surface area contributed by atoms with Crippen LogP contribution in [-0.2, 0) is 6.42 Å². The van der Waals surface area contributed by atoms with Crippen molar-refractivity contribution in [1.29, 1.82) is 5.26 Å². The molecule has 2 aromatic carbocycles. The minimum atomic E-state index is 0. The van der Waals surface area contributed by atoms with Gasteiger partial charge in [-0.3, -0.25) is 4.72 Å². The van der Waals surface area contributed by atoms with Crippen molar-refractivity contribution in [1.82, 2.24) is 14.7 Å². The molecule has 0 saturated heterocycles. The Labute approximate surface area is 191 Å². The Morgan fingerprint density at radius 3 is 2.53 bits per heavy atom. The molecule has 1 aromatic heterocycles. The topological polar surface area (TPSA) is 169 Å². The van der Waals surface area contributed by atoms with Gasteiger partial charge in [0.1, 0.15) is 23.4 Å². The summed E-state index contributed by atoms with van der Waals surface area (Å²) in [6.45, 7) is 1.29. The first kappa shape index (κ1) is 26.8. The summed E-state index contributed by atoms with van der Waals surface area (Å²) in [7, 11) is 3.20. The molecular formula is C22H27N5O4S. The molecule has 170 valence electrons. The van der Waals surface area contributed by atoms with Gasteiger partial charge in [0.25, 0.3) is 0 Å². The van der Waals surface area contributed by atoms with Crippen LogP contribution < -0.4 is 19.9 Å². The van der Waals surface area contributed by atoms with Crippen LogP contribution in [0.25, 0.3) is 11.3 Å². The summed E-state index contributed by atoms with van der Waals surface area (Å²) in [6.07, 6.45) is 2.29. The fourth-order valence-corrected chi connectivity index (χ4v) is 3.63. The first-order chi connectivity index (χ1) is 14.7. The molecule has 0 saturated carbocycles. The van der Waals surface area contributed by atoms with Crippen LogP contribution in [0, 0.1) is 11.3 Å². The zero-order valence-electron chi connectivity index (χ0n) is 17.9. The average molecular weight is 458 g/mol. The first-order valence-corrected chi connectivity index (χ1v) is 10.2. The van der Waals surface area contributed by atoms with Crippen molar-refractivity contribution in [2.24, 2.45) is 5.73 Å². The molecule has 3 rings (SSSR count). The smallest absolute Gasteiger partial charge is 0.136 e. The lowest BCUT2D eigenvalue weighted by Crippen LogP contribution is -2.16. The van der Waals surface area contributed by atoms with E-state index in [4.69, 9.17) is 15.2 Å². The van der Waals surface area contributed by atoms with Crippen LogP contribution in [0.1, 0.15) is 17.0 Å². The molecule has 0 spiro atoms. The highest BCUT2D eigenvalue weighted by Crippen LogP contribution is 2.29. The Kier molecular flexibility index (Phi) is 11.1. The second-order valence-electron chi connectivity index (χ2n) is 6.33. The molecule has 1 heterocycles. The number of ether oxygens (including phenoxy) is 2. The third kappa shape index (κ3) is 6.65. The van der Waals surface area contributed by atoms with Crippen LogP contribution in [-0.4, -0.2) is 48.2 Å². The highest BCUT2D eigenvalue weighted by atomic mass is 32.2. The van der Waals surface area contributed by atoms with Gasteiger partial charge in [-0.1, -0.05) is 6.07 Å². The van der Waals surface area contributed by atoms with Gasteiger partial charge in [0, 0.05) is 31.3 Å². The number of nitrogens with two attached hydrogens (primary N) is 1. The van der Waals surface area contributed by atoms with Crippen molar-refractivity contribution >= 4 is 11.9 Å². The molecule has 0 unspecified atom stereocenters. The lowest BCUT2D eigenvalue weighted by molar-refractivity contribution is 0.404. The summed E-state index contributed by atoms with van der Waals surface area (Å²) in [5.41, 5.74) is 8.62. The third-order valence-electron chi connectivity index (χ3n) is 4.34. The van der Waals surface area contributed by atoms with Crippen LogP contribution in [0.2, 0.25) is 0 Å². The molecule has 0 aliphatic heterocycles. The predicted octanol–water partition coefficient (Wildman–Crippen LogP) is 1.53. The molecule has 0 fully saturated rings. The van der Waals surface area contributed by atoms with Gasteiger partial charge in [-0.25, -0.2) is 9.97 Å². The van der Waals surface area contributed by atoms with E-state index in [2.05, 4.69) is 20.8 Å². The first-order valence-electron chi connectivity index (χ1n) is 9.35. The van der Waals surface area contributed by atoms with Gasteiger partial charge in [0.2, 0.25) is 0 Å². The fourth-order valence-electron chi connectivity index (χ4n) is 2.88. The monoisotopic (exact) mass is 457 g/mol. The van der Waals surface area contributed by atoms with E-state index in [-0.39, 0.29) is 11.0 Å². The van der Waals surface area contributed by atoms with E-state index in [1.807, 2.05) is 30.3 Å². The average Bonchev–Trinajstić information content (AvgIpc) is 2.79. The van der Waals surface area contributed by atoms with Gasteiger partial charge in [-0.05, 0) is 53.9 Å². The second kappa shape index (κ2) is 13.3. The van der Waals surface area contributed by atoms with Gasteiger partial charge >= 0.3 is 0 Å². The van der Waals surface area contributed by atoms with Gasteiger partial charge in [0.05, 0.1) is 30.4 Å². The Morgan fingerprint density at radius 1 is 1.06 bits per heavy atom. The maximum absolute atomic E-state index is 9.32. The number of hydrogen-bond acceptors (Lipinski definition) is 8. The Hall–Kier alpha value is -3.20. The summed E-state index contributed by atoms with van der Waals surface area (Å²) < 4.78 is 13.9. The molecule has 9 nitrogen and oxygen atoms in total. The second-order valence-corrected chi connectivity index (χ2v) is 7.26. The van der Waals surface area contributed by atoms with Crippen LogP contribution in [0.4, 0.5) is 0 Å². The standard InChI is InChI=1S/C22H23N5O2S.2H2O/c1-28-19-5-4-16(13-17(19)14-24)18-7-9-25-22(27-18)12-15-3-6-21(20(11-15)29-2)30-26-10-8-23;;/h3-7,9,11,13,26H,8,10,12,23H2,1-2H3;2*1H2.